The third-order valence-corrected chi connectivity index (χ3v) is 3.49. The fraction of sp³-hybridized carbons (Fsp3) is 0.167. The quantitative estimate of drug-likeness (QED) is 0.767. The van der Waals surface area contributed by atoms with Crippen LogP contribution >= 0.6 is 0 Å². The molecule has 1 heteroatoms. The first-order valence-corrected chi connectivity index (χ1v) is 6.68. The molecule has 1 aliphatic heterocycles. The van der Waals surface area contributed by atoms with Gasteiger partial charge in [0.2, 0.25) is 0 Å². The molecule has 3 rings (SSSR count). The summed E-state index contributed by atoms with van der Waals surface area (Å²) in [4.78, 5) is 4.46. The molecule has 1 heterocycles. The number of aliphatic imine (C=N–C) groups is 1. The Morgan fingerprint density at radius 1 is 1.00 bits per heavy atom. The summed E-state index contributed by atoms with van der Waals surface area (Å²) < 4.78 is 0. The van der Waals surface area contributed by atoms with Crippen molar-refractivity contribution in [3.05, 3.63) is 83.1 Å². The molecule has 0 saturated carbocycles. The third kappa shape index (κ3) is 2.65. The molecule has 0 saturated heterocycles. The van der Waals surface area contributed by atoms with Crippen LogP contribution in [0.25, 0.3) is 0 Å². The van der Waals surface area contributed by atoms with Crippen molar-refractivity contribution in [3.63, 3.8) is 0 Å². The van der Waals surface area contributed by atoms with Crippen LogP contribution in [0.1, 0.15) is 28.7 Å². The first-order chi connectivity index (χ1) is 9.33. The number of allylic oxidation sites excluding steroid dienone is 1. The first-order valence-electron chi connectivity index (χ1n) is 6.68. The van der Waals surface area contributed by atoms with Crippen molar-refractivity contribution in [2.24, 2.45) is 4.99 Å². The van der Waals surface area contributed by atoms with Crippen molar-refractivity contribution in [3.8, 4) is 0 Å². The van der Waals surface area contributed by atoms with E-state index in [1.165, 1.54) is 28.0 Å². The minimum atomic E-state index is 0.949. The van der Waals surface area contributed by atoms with E-state index in [-0.39, 0.29) is 0 Å². The van der Waals surface area contributed by atoms with E-state index in [9.17, 15) is 0 Å². The van der Waals surface area contributed by atoms with Crippen LogP contribution in [0.5, 0.6) is 0 Å². The maximum atomic E-state index is 4.46. The molecule has 0 spiro atoms. The lowest BCUT2D eigenvalue weighted by Gasteiger charge is -2.09. The van der Waals surface area contributed by atoms with E-state index in [2.05, 4.69) is 66.5 Å². The Morgan fingerprint density at radius 2 is 1.79 bits per heavy atom. The zero-order chi connectivity index (χ0) is 13.1. The van der Waals surface area contributed by atoms with Gasteiger partial charge in [0.1, 0.15) is 0 Å². The van der Waals surface area contributed by atoms with Gasteiger partial charge in [0.05, 0.1) is 5.71 Å². The van der Waals surface area contributed by atoms with Crippen LogP contribution < -0.4 is 0 Å². The van der Waals surface area contributed by atoms with Gasteiger partial charge in [-0.15, -0.1) is 0 Å². The minimum Gasteiger partial charge on any atom is -0.261 e. The maximum absolute atomic E-state index is 4.46. The summed E-state index contributed by atoms with van der Waals surface area (Å²) in [5.74, 6) is 0. The van der Waals surface area contributed by atoms with Gasteiger partial charge in [-0.3, -0.25) is 4.99 Å². The van der Waals surface area contributed by atoms with Crippen LogP contribution in [0.4, 0.5) is 0 Å². The average molecular weight is 247 g/mol. The second kappa shape index (κ2) is 5.23. The van der Waals surface area contributed by atoms with Crippen molar-refractivity contribution in [1.82, 2.24) is 0 Å². The standard InChI is InChI=1S/C18H17N/c1-14-8-10-15(11-9-14)13-16-5-2-3-6-17(16)18-7-4-12-19-18/h2-6,8-12H,7,13H2,1H3. The lowest BCUT2D eigenvalue weighted by molar-refractivity contribution is 1.17. The summed E-state index contributed by atoms with van der Waals surface area (Å²) in [6.45, 7) is 2.12. The molecule has 2 aromatic rings. The molecule has 2 aromatic carbocycles. The normalized spacial score (nSPS) is 13.6. The summed E-state index contributed by atoms with van der Waals surface area (Å²) in [6, 6.07) is 17.3. The van der Waals surface area contributed by atoms with Gasteiger partial charge in [-0.1, -0.05) is 60.2 Å². The highest BCUT2D eigenvalue weighted by atomic mass is 14.7. The van der Waals surface area contributed by atoms with Crippen molar-refractivity contribution in [2.45, 2.75) is 19.8 Å². The molecule has 0 N–H and O–H groups in total. The van der Waals surface area contributed by atoms with Crippen molar-refractivity contribution in [2.75, 3.05) is 0 Å². The Labute approximate surface area is 114 Å². The molecule has 0 radical (unpaired) electrons. The fourth-order valence-corrected chi connectivity index (χ4v) is 2.42. The Bertz CT molecular complexity index is 633. The fourth-order valence-electron chi connectivity index (χ4n) is 2.42. The second-order valence-electron chi connectivity index (χ2n) is 4.98. The third-order valence-electron chi connectivity index (χ3n) is 3.49. The molecule has 0 atom stereocenters. The lowest BCUT2D eigenvalue weighted by atomic mass is 9.96. The van der Waals surface area contributed by atoms with Gasteiger partial charge in [-0.2, -0.15) is 0 Å². The molecule has 0 fully saturated rings. The van der Waals surface area contributed by atoms with Gasteiger partial charge in [0.25, 0.3) is 0 Å². The van der Waals surface area contributed by atoms with Gasteiger partial charge >= 0.3 is 0 Å². The molecule has 0 aliphatic carbocycles. The molecule has 0 aromatic heterocycles. The number of hydrogen-bond acceptors (Lipinski definition) is 1. The molecule has 0 bridgehead atoms. The van der Waals surface area contributed by atoms with Crippen LogP contribution in [-0.4, -0.2) is 5.71 Å². The second-order valence-corrected chi connectivity index (χ2v) is 4.98. The highest BCUT2D eigenvalue weighted by Gasteiger charge is 2.10. The van der Waals surface area contributed by atoms with Gasteiger partial charge in [0.15, 0.2) is 0 Å². The number of nitrogens with zero attached hydrogens (tertiary/aromatic N) is 1. The molecule has 0 unspecified atom stereocenters. The number of rotatable bonds is 3. The van der Waals surface area contributed by atoms with E-state index < -0.39 is 0 Å². The largest absolute Gasteiger partial charge is 0.261 e. The summed E-state index contributed by atoms with van der Waals surface area (Å²) in [6.07, 6.45) is 5.93. The number of hydrogen-bond donors (Lipinski definition) is 0. The van der Waals surface area contributed by atoms with Crippen molar-refractivity contribution >= 4 is 5.71 Å². The summed E-state index contributed by atoms with van der Waals surface area (Å²) in [5, 5.41) is 0. The van der Waals surface area contributed by atoms with E-state index in [1.807, 2.05) is 6.20 Å². The minimum absolute atomic E-state index is 0.949. The van der Waals surface area contributed by atoms with Gasteiger partial charge in [-0.05, 0) is 30.0 Å². The smallest absolute Gasteiger partial charge is 0.0516 e. The molecular weight excluding hydrogens is 230 g/mol. The summed E-state index contributed by atoms with van der Waals surface area (Å²) >= 11 is 0. The van der Waals surface area contributed by atoms with Crippen molar-refractivity contribution in [1.29, 1.82) is 0 Å². The molecule has 94 valence electrons. The zero-order valence-electron chi connectivity index (χ0n) is 11.1. The van der Waals surface area contributed by atoms with Crippen LogP contribution in [0.2, 0.25) is 0 Å². The highest BCUT2D eigenvalue weighted by Crippen LogP contribution is 2.19. The highest BCUT2D eigenvalue weighted by molar-refractivity contribution is 6.04. The van der Waals surface area contributed by atoms with E-state index in [0.29, 0.717) is 0 Å². The molecular formula is C18H17N. The molecule has 0 amide bonds. The van der Waals surface area contributed by atoms with Crippen LogP contribution in [0.15, 0.2) is 65.8 Å². The maximum Gasteiger partial charge on any atom is 0.0516 e. The molecule has 19 heavy (non-hydrogen) atoms. The van der Waals surface area contributed by atoms with Crippen molar-refractivity contribution < 1.29 is 0 Å². The first kappa shape index (κ1) is 11.9. The monoisotopic (exact) mass is 247 g/mol. The van der Waals surface area contributed by atoms with Crippen LogP contribution in [0.3, 0.4) is 0 Å². The summed E-state index contributed by atoms with van der Waals surface area (Å²) in [5.41, 5.74) is 6.48. The Hall–Kier alpha value is -2.15. The van der Waals surface area contributed by atoms with Crippen LogP contribution in [0, 0.1) is 6.92 Å². The van der Waals surface area contributed by atoms with E-state index >= 15 is 0 Å². The number of aryl methyl sites for hydroxylation is 1. The Balaban J connectivity index is 1.90. The molecule has 1 aliphatic rings. The van der Waals surface area contributed by atoms with Gasteiger partial charge < -0.3 is 0 Å². The number of benzene rings is 2. The van der Waals surface area contributed by atoms with E-state index in [4.69, 9.17) is 0 Å². The topological polar surface area (TPSA) is 12.4 Å². The Morgan fingerprint density at radius 3 is 2.53 bits per heavy atom. The van der Waals surface area contributed by atoms with Crippen LogP contribution in [-0.2, 0) is 6.42 Å². The van der Waals surface area contributed by atoms with E-state index in [0.717, 1.165) is 12.8 Å². The Kier molecular flexibility index (Phi) is 3.28. The average Bonchev–Trinajstić information content (AvgIpc) is 2.96. The predicted octanol–water partition coefficient (Wildman–Crippen LogP) is 4.29. The predicted molar refractivity (Wildman–Crippen MR) is 80.7 cm³/mol. The van der Waals surface area contributed by atoms with Gasteiger partial charge in [0, 0.05) is 12.6 Å². The van der Waals surface area contributed by atoms with Gasteiger partial charge in [-0.25, -0.2) is 0 Å². The summed E-state index contributed by atoms with van der Waals surface area (Å²) in [7, 11) is 0. The SMILES string of the molecule is Cc1ccc(Cc2ccccc2C2=NC=CC2)cc1. The lowest BCUT2D eigenvalue weighted by Crippen LogP contribution is -2.02. The molecule has 1 nitrogen and oxygen atoms in total. The van der Waals surface area contributed by atoms with E-state index in [1.54, 1.807) is 0 Å². The zero-order valence-corrected chi connectivity index (χ0v) is 11.1.